The summed E-state index contributed by atoms with van der Waals surface area (Å²) in [5.74, 6) is -0.333. The van der Waals surface area contributed by atoms with Crippen LogP contribution < -0.4 is 11.1 Å². The minimum Gasteiger partial charge on any atom is -0.370 e. The molecule has 0 spiro atoms. The van der Waals surface area contributed by atoms with Crippen molar-refractivity contribution in [3.8, 4) is 0 Å². The van der Waals surface area contributed by atoms with Crippen LogP contribution in [0.3, 0.4) is 0 Å². The number of hydrogen-bond acceptors (Lipinski definition) is 5. The number of nitro groups is 1. The maximum absolute atomic E-state index is 10.7. The summed E-state index contributed by atoms with van der Waals surface area (Å²) in [5.41, 5.74) is 4.89. The number of pyridine rings is 1. The molecule has 1 amide bonds. The van der Waals surface area contributed by atoms with E-state index in [9.17, 15) is 14.9 Å². The number of hydrogen-bond donors (Lipinski definition) is 2. The number of nitrogens with zero attached hydrogens (tertiary/aromatic N) is 2. The van der Waals surface area contributed by atoms with Crippen LogP contribution in [0.15, 0.2) is 18.3 Å². The molecule has 0 aromatic carbocycles. The van der Waals surface area contributed by atoms with Gasteiger partial charge >= 0.3 is 5.69 Å². The summed E-state index contributed by atoms with van der Waals surface area (Å²) in [4.78, 5) is 24.6. The Morgan fingerprint density at radius 1 is 1.75 bits per heavy atom. The number of carbonyl (C=O) groups is 1. The highest BCUT2D eigenvalue weighted by Crippen LogP contribution is 2.21. The van der Waals surface area contributed by atoms with Crippen molar-refractivity contribution in [2.45, 2.75) is 19.4 Å². The maximum Gasteiger partial charge on any atom is 0.311 e. The Morgan fingerprint density at radius 2 is 2.44 bits per heavy atom. The second-order valence-corrected chi connectivity index (χ2v) is 3.34. The van der Waals surface area contributed by atoms with Crippen molar-refractivity contribution >= 4 is 17.4 Å². The molecule has 0 aliphatic heterocycles. The van der Waals surface area contributed by atoms with Gasteiger partial charge in [-0.15, -0.1) is 0 Å². The van der Waals surface area contributed by atoms with Crippen LogP contribution in [0.1, 0.15) is 13.3 Å². The standard InChI is InChI=1S/C9H12N4O3/c1-6(5-8(10)14)12-9-7(13(15)16)3-2-4-11-9/h2-4,6H,5H2,1H3,(H2,10,14)(H,11,12). The van der Waals surface area contributed by atoms with E-state index in [1.807, 2.05) is 0 Å². The molecule has 7 nitrogen and oxygen atoms in total. The molecule has 1 heterocycles. The minimum absolute atomic E-state index is 0.0910. The summed E-state index contributed by atoms with van der Waals surface area (Å²) in [6.07, 6.45) is 1.53. The van der Waals surface area contributed by atoms with Gasteiger partial charge in [-0.25, -0.2) is 4.98 Å². The van der Waals surface area contributed by atoms with Crippen LogP contribution in [-0.4, -0.2) is 21.9 Å². The molecule has 1 unspecified atom stereocenters. The average molecular weight is 224 g/mol. The third kappa shape index (κ3) is 3.19. The van der Waals surface area contributed by atoms with Crippen molar-refractivity contribution in [1.29, 1.82) is 0 Å². The van der Waals surface area contributed by atoms with E-state index in [-0.39, 0.29) is 24.0 Å². The minimum atomic E-state index is -0.535. The van der Waals surface area contributed by atoms with Crippen LogP contribution in [0.5, 0.6) is 0 Å². The number of primary amides is 1. The number of nitrogens with one attached hydrogen (secondary N) is 1. The number of amides is 1. The molecule has 1 aromatic rings. The predicted molar refractivity (Wildman–Crippen MR) is 57.8 cm³/mol. The molecule has 3 N–H and O–H groups in total. The summed E-state index contributed by atoms with van der Waals surface area (Å²) in [5, 5.41) is 13.4. The first-order valence-electron chi connectivity index (χ1n) is 4.65. The molecule has 0 bridgehead atoms. The van der Waals surface area contributed by atoms with Gasteiger partial charge in [-0.1, -0.05) is 0 Å². The van der Waals surface area contributed by atoms with Crippen molar-refractivity contribution in [2.24, 2.45) is 5.73 Å². The maximum atomic E-state index is 10.7. The number of rotatable bonds is 5. The number of aromatic nitrogens is 1. The lowest BCUT2D eigenvalue weighted by Gasteiger charge is -2.12. The Morgan fingerprint density at radius 3 is 3.00 bits per heavy atom. The van der Waals surface area contributed by atoms with Gasteiger partial charge < -0.3 is 11.1 Å². The van der Waals surface area contributed by atoms with E-state index in [4.69, 9.17) is 5.73 Å². The zero-order chi connectivity index (χ0) is 12.1. The first-order chi connectivity index (χ1) is 7.50. The zero-order valence-corrected chi connectivity index (χ0v) is 8.71. The number of carbonyl (C=O) groups excluding carboxylic acids is 1. The summed E-state index contributed by atoms with van der Waals surface area (Å²) >= 11 is 0. The molecule has 0 radical (unpaired) electrons. The predicted octanol–water partition coefficient (Wildman–Crippen LogP) is 0.666. The van der Waals surface area contributed by atoms with Gasteiger partial charge in [0.2, 0.25) is 11.7 Å². The van der Waals surface area contributed by atoms with E-state index in [1.54, 1.807) is 6.92 Å². The van der Waals surface area contributed by atoms with E-state index in [0.717, 1.165) is 0 Å². The van der Waals surface area contributed by atoms with Gasteiger partial charge in [0.1, 0.15) is 0 Å². The molecule has 86 valence electrons. The van der Waals surface area contributed by atoms with Crippen molar-refractivity contribution < 1.29 is 9.72 Å². The van der Waals surface area contributed by atoms with E-state index < -0.39 is 10.8 Å². The van der Waals surface area contributed by atoms with Crippen LogP contribution in [0, 0.1) is 10.1 Å². The second-order valence-electron chi connectivity index (χ2n) is 3.34. The molecule has 1 aromatic heterocycles. The van der Waals surface area contributed by atoms with E-state index in [1.165, 1.54) is 18.3 Å². The highest BCUT2D eigenvalue weighted by molar-refractivity contribution is 5.75. The van der Waals surface area contributed by atoms with Gasteiger partial charge in [0.15, 0.2) is 0 Å². The fourth-order valence-corrected chi connectivity index (χ4v) is 1.24. The summed E-state index contributed by atoms with van der Waals surface area (Å²) in [7, 11) is 0. The van der Waals surface area contributed by atoms with Crippen LogP contribution in [-0.2, 0) is 4.79 Å². The molecule has 0 aliphatic rings. The van der Waals surface area contributed by atoms with E-state index in [0.29, 0.717) is 0 Å². The molecule has 1 atom stereocenters. The number of nitrogens with two attached hydrogens (primary N) is 1. The Labute approximate surface area is 91.8 Å². The quantitative estimate of drug-likeness (QED) is 0.563. The second kappa shape index (κ2) is 5.06. The molecule has 0 saturated carbocycles. The van der Waals surface area contributed by atoms with Crippen molar-refractivity contribution in [1.82, 2.24) is 4.98 Å². The Balaban J connectivity index is 2.80. The van der Waals surface area contributed by atoms with Crippen LogP contribution in [0.2, 0.25) is 0 Å². The van der Waals surface area contributed by atoms with Gasteiger partial charge in [-0.05, 0) is 13.0 Å². The largest absolute Gasteiger partial charge is 0.370 e. The third-order valence-corrected chi connectivity index (χ3v) is 1.87. The third-order valence-electron chi connectivity index (χ3n) is 1.87. The van der Waals surface area contributed by atoms with E-state index in [2.05, 4.69) is 10.3 Å². The fourth-order valence-electron chi connectivity index (χ4n) is 1.24. The lowest BCUT2D eigenvalue weighted by molar-refractivity contribution is -0.384. The van der Waals surface area contributed by atoms with Gasteiger partial charge in [-0.3, -0.25) is 14.9 Å². The smallest absolute Gasteiger partial charge is 0.311 e. The van der Waals surface area contributed by atoms with Crippen LogP contribution in [0.25, 0.3) is 0 Å². The lowest BCUT2D eigenvalue weighted by atomic mass is 10.2. The summed E-state index contributed by atoms with van der Waals surface area (Å²) in [6.45, 7) is 1.70. The normalized spacial score (nSPS) is 11.8. The highest BCUT2D eigenvalue weighted by Gasteiger charge is 2.16. The molecule has 7 heteroatoms. The Kier molecular flexibility index (Phi) is 3.76. The van der Waals surface area contributed by atoms with Crippen molar-refractivity contribution in [2.75, 3.05) is 5.32 Å². The van der Waals surface area contributed by atoms with Crippen molar-refractivity contribution in [3.05, 3.63) is 28.4 Å². The average Bonchev–Trinajstić information content (AvgIpc) is 2.16. The molecule has 1 rings (SSSR count). The molecular formula is C9H12N4O3. The molecular weight excluding hydrogens is 212 g/mol. The van der Waals surface area contributed by atoms with Gasteiger partial charge in [0.25, 0.3) is 0 Å². The molecule has 0 saturated heterocycles. The first-order valence-corrected chi connectivity index (χ1v) is 4.65. The van der Waals surface area contributed by atoms with Gasteiger partial charge in [-0.2, -0.15) is 0 Å². The molecule has 0 aliphatic carbocycles. The Hall–Kier alpha value is -2.18. The fraction of sp³-hybridized carbons (Fsp3) is 0.333. The SMILES string of the molecule is CC(CC(N)=O)Nc1ncccc1[N+](=O)[O-]. The van der Waals surface area contributed by atoms with Crippen molar-refractivity contribution in [3.63, 3.8) is 0 Å². The highest BCUT2D eigenvalue weighted by atomic mass is 16.6. The monoisotopic (exact) mass is 224 g/mol. The molecule has 16 heavy (non-hydrogen) atoms. The van der Waals surface area contributed by atoms with Crippen LogP contribution >= 0.6 is 0 Å². The van der Waals surface area contributed by atoms with Gasteiger partial charge in [0.05, 0.1) is 4.92 Å². The summed E-state index contributed by atoms with van der Waals surface area (Å²) in [6, 6.07) is 2.51. The molecule has 0 fully saturated rings. The number of anilines is 1. The lowest BCUT2D eigenvalue weighted by Crippen LogP contribution is -2.24. The van der Waals surface area contributed by atoms with E-state index >= 15 is 0 Å². The van der Waals surface area contributed by atoms with Gasteiger partial charge in [0, 0.05) is 24.7 Å². The van der Waals surface area contributed by atoms with Crippen LogP contribution in [0.4, 0.5) is 11.5 Å². The topological polar surface area (TPSA) is 111 Å². The first kappa shape index (κ1) is 11.9. The zero-order valence-electron chi connectivity index (χ0n) is 8.71. The Bertz CT molecular complexity index is 407. The summed E-state index contributed by atoms with van der Waals surface area (Å²) < 4.78 is 0.